The Hall–Kier alpha value is -0.880. The molecule has 0 spiro atoms. The molecule has 0 aromatic heterocycles. The van der Waals surface area contributed by atoms with Crippen LogP contribution >= 0.6 is 15.6 Å². The van der Waals surface area contributed by atoms with E-state index in [2.05, 4.69) is 36.7 Å². The summed E-state index contributed by atoms with van der Waals surface area (Å²) >= 11 is 0. The van der Waals surface area contributed by atoms with E-state index in [0.717, 1.165) is 50.4 Å². The number of phosphoric acid groups is 2. The molecular formula is C43H86O13P2. The van der Waals surface area contributed by atoms with Gasteiger partial charge in [0.1, 0.15) is 12.7 Å². The molecule has 0 heterocycles. The van der Waals surface area contributed by atoms with Crippen molar-refractivity contribution in [1.82, 2.24) is 0 Å². The summed E-state index contributed by atoms with van der Waals surface area (Å²) in [6.07, 6.45) is 29.9. The lowest BCUT2D eigenvalue weighted by Gasteiger charge is -2.20. The van der Waals surface area contributed by atoms with Crippen molar-refractivity contribution in [3.05, 3.63) is 0 Å². The molecule has 0 saturated carbocycles. The number of carbonyl (C=O) groups excluding carboxylic acids is 2. The number of carbonyl (C=O) groups is 2. The first-order chi connectivity index (χ1) is 27.6. The standard InChI is InChI=1S/C43H86O13P2/c1-38(2)30-26-22-18-15-13-11-9-7-5-6-8-10-12-14-16-20-25-29-33-43(46)56-41(37-55-58(50,51)54-35-40(44)34-53-57(47,48)49)36-52-42(45)32-28-24-21-17-19-23-27-31-39(3)4/h38-41,44H,5-37H2,1-4H3,(H,50,51)(H2,47,48,49)/t40-,41+/m0/s1. The number of aliphatic hydroxyl groups is 1. The van der Waals surface area contributed by atoms with Crippen molar-refractivity contribution in [2.75, 3.05) is 26.4 Å². The smallest absolute Gasteiger partial charge is 0.462 e. The van der Waals surface area contributed by atoms with E-state index in [9.17, 15) is 28.7 Å². The molecule has 0 bridgehead atoms. The van der Waals surface area contributed by atoms with Crippen molar-refractivity contribution in [3.63, 3.8) is 0 Å². The van der Waals surface area contributed by atoms with Gasteiger partial charge in [0.05, 0.1) is 19.8 Å². The molecule has 0 aliphatic carbocycles. The maximum Gasteiger partial charge on any atom is 0.472 e. The summed E-state index contributed by atoms with van der Waals surface area (Å²) in [5, 5.41) is 9.74. The molecule has 3 atom stereocenters. The summed E-state index contributed by atoms with van der Waals surface area (Å²) in [7, 11) is -9.65. The fraction of sp³-hybridized carbons (Fsp3) is 0.953. The van der Waals surface area contributed by atoms with Crippen LogP contribution in [0, 0.1) is 11.8 Å². The van der Waals surface area contributed by atoms with Gasteiger partial charge in [-0.25, -0.2) is 9.13 Å². The van der Waals surface area contributed by atoms with E-state index in [-0.39, 0.29) is 19.4 Å². The first-order valence-corrected chi connectivity index (χ1v) is 26.0. The SMILES string of the molecule is CC(C)CCCCCCCCCCCCCCCCCCCCC(=O)O[C@H](COC(=O)CCCCCCCCCC(C)C)COP(=O)(O)OC[C@@H](O)COP(=O)(O)O. The fourth-order valence-corrected chi connectivity index (χ4v) is 7.76. The number of unbranched alkanes of at least 4 members (excludes halogenated alkanes) is 23. The van der Waals surface area contributed by atoms with Gasteiger partial charge in [-0.05, 0) is 24.7 Å². The quantitative estimate of drug-likeness (QED) is 0.0257. The zero-order valence-electron chi connectivity index (χ0n) is 37.0. The van der Waals surface area contributed by atoms with E-state index in [1.165, 1.54) is 122 Å². The highest BCUT2D eigenvalue weighted by Crippen LogP contribution is 2.43. The molecule has 0 saturated heterocycles. The van der Waals surface area contributed by atoms with Crippen LogP contribution in [0.25, 0.3) is 0 Å². The van der Waals surface area contributed by atoms with Crippen LogP contribution in [0.1, 0.15) is 214 Å². The second kappa shape index (κ2) is 37.8. The summed E-state index contributed by atoms with van der Waals surface area (Å²) in [5.41, 5.74) is 0. The summed E-state index contributed by atoms with van der Waals surface area (Å²) in [5.74, 6) is 0.538. The number of rotatable bonds is 43. The van der Waals surface area contributed by atoms with Crippen molar-refractivity contribution in [3.8, 4) is 0 Å². The Morgan fingerprint density at radius 2 is 0.776 bits per heavy atom. The molecule has 4 N–H and O–H groups in total. The maximum atomic E-state index is 12.7. The molecule has 13 nitrogen and oxygen atoms in total. The predicted molar refractivity (Wildman–Crippen MR) is 230 cm³/mol. The predicted octanol–water partition coefficient (Wildman–Crippen LogP) is 11.7. The Bertz CT molecular complexity index is 1070. The van der Waals surface area contributed by atoms with Crippen LogP contribution in [0.3, 0.4) is 0 Å². The minimum atomic E-state index is -4.86. The van der Waals surface area contributed by atoms with Crippen LogP contribution in [-0.4, -0.2) is 70.4 Å². The van der Waals surface area contributed by atoms with Crippen LogP contribution in [0.2, 0.25) is 0 Å². The molecule has 0 fully saturated rings. The lowest BCUT2D eigenvalue weighted by atomic mass is 10.0. The third-order valence-corrected chi connectivity index (χ3v) is 11.5. The van der Waals surface area contributed by atoms with Gasteiger partial charge in [-0.15, -0.1) is 0 Å². The van der Waals surface area contributed by atoms with E-state index >= 15 is 0 Å². The lowest BCUT2D eigenvalue weighted by molar-refractivity contribution is -0.161. The normalized spacial score (nSPS) is 14.2. The Balaban J connectivity index is 4.35. The van der Waals surface area contributed by atoms with Crippen molar-refractivity contribution in [1.29, 1.82) is 0 Å². The molecule has 15 heteroatoms. The summed E-state index contributed by atoms with van der Waals surface area (Å²) in [6.45, 7) is 6.39. The lowest BCUT2D eigenvalue weighted by Crippen LogP contribution is -2.30. The van der Waals surface area contributed by atoms with Crippen LogP contribution in [-0.2, 0) is 41.8 Å². The molecule has 0 aromatic rings. The van der Waals surface area contributed by atoms with Gasteiger partial charge in [0.25, 0.3) is 0 Å². The molecule has 0 aromatic carbocycles. The summed E-state index contributed by atoms with van der Waals surface area (Å²) in [4.78, 5) is 52.6. The molecule has 58 heavy (non-hydrogen) atoms. The van der Waals surface area contributed by atoms with E-state index in [1.807, 2.05) is 0 Å². The molecule has 0 aliphatic heterocycles. The zero-order chi connectivity index (χ0) is 43.3. The van der Waals surface area contributed by atoms with E-state index in [0.29, 0.717) is 12.8 Å². The van der Waals surface area contributed by atoms with Crippen LogP contribution in [0.4, 0.5) is 0 Å². The van der Waals surface area contributed by atoms with Gasteiger partial charge < -0.3 is 29.3 Å². The van der Waals surface area contributed by atoms with Gasteiger partial charge in [0, 0.05) is 12.8 Å². The highest BCUT2D eigenvalue weighted by molar-refractivity contribution is 7.47. The third kappa shape index (κ3) is 43.2. The van der Waals surface area contributed by atoms with Crippen LogP contribution in [0.15, 0.2) is 0 Å². The number of ether oxygens (including phenoxy) is 2. The van der Waals surface area contributed by atoms with Crippen molar-refractivity contribution >= 4 is 27.6 Å². The summed E-state index contributed by atoms with van der Waals surface area (Å²) < 4.78 is 47.8. The average Bonchev–Trinajstić information content (AvgIpc) is 3.15. The molecular weight excluding hydrogens is 786 g/mol. The van der Waals surface area contributed by atoms with Gasteiger partial charge in [-0.3, -0.25) is 23.2 Å². The maximum absolute atomic E-state index is 12.7. The number of hydrogen-bond donors (Lipinski definition) is 4. The summed E-state index contributed by atoms with van der Waals surface area (Å²) in [6, 6.07) is 0. The largest absolute Gasteiger partial charge is 0.472 e. The number of aliphatic hydroxyl groups excluding tert-OH is 1. The molecule has 0 rings (SSSR count). The second-order valence-electron chi connectivity index (χ2n) is 17.0. The third-order valence-electron chi connectivity index (χ3n) is 10.1. The molecule has 0 aliphatic rings. The molecule has 1 unspecified atom stereocenters. The van der Waals surface area contributed by atoms with Gasteiger partial charge in [0.15, 0.2) is 6.10 Å². The molecule has 0 radical (unpaired) electrons. The van der Waals surface area contributed by atoms with Crippen molar-refractivity contribution in [2.24, 2.45) is 11.8 Å². The fourth-order valence-electron chi connectivity index (χ4n) is 6.60. The second-order valence-corrected chi connectivity index (χ2v) is 19.7. The van der Waals surface area contributed by atoms with E-state index in [1.54, 1.807) is 0 Å². The Labute approximate surface area is 352 Å². The highest BCUT2D eigenvalue weighted by atomic mass is 31.2. The van der Waals surface area contributed by atoms with Crippen LogP contribution < -0.4 is 0 Å². The molecule has 0 amide bonds. The number of hydrogen-bond acceptors (Lipinski definition) is 10. The first kappa shape index (κ1) is 57.1. The van der Waals surface area contributed by atoms with Gasteiger partial charge in [-0.2, -0.15) is 0 Å². The van der Waals surface area contributed by atoms with Gasteiger partial charge in [0.2, 0.25) is 0 Å². The number of phosphoric ester groups is 2. The van der Waals surface area contributed by atoms with E-state index < -0.39 is 59.6 Å². The Kier molecular flexibility index (Phi) is 37.3. The van der Waals surface area contributed by atoms with Crippen molar-refractivity contribution in [2.45, 2.75) is 226 Å². The first-order valence-electron chi connectivity index (χ1n) is 22.9. The van der Waals surface area contributed by atoms with Crippen molar-refractivity contribution < 1.29 is 61.6 Å². The van der Waals surface area contributed by atoms with Gasteiger partial charge >= 0.3 is 27.6 Å². The highest BCUT2D eigenvalue weighted by Gasteiger charge is 2.28. The monoisotopic (exact) mass is 873 g/mol. The Morgan fingerprint density at radius 1 is 0.448 bits per heavy atom. The Morgan fingerprint density at radius 3 is 1.16 bits per heavy atom. The minimum Gasteiger partial charge on any atom is -0.462 e. The van der Waals surface area contributed by atoms with Crippen LogP contribution in [0.5, 0.6) is 0 Å². The zero-order valence-corrected chi connectivity index (χ0v) is 38.8. The van der Waals surface area contributed by atoms with E-state index in [4.69, 9.17) is 23.8 Å². The molecule has 346 valence electrons. The minimum absolute atomic E-state index is 0.138. The average molecular weight is 873 g/mol. The van der Waals surface area contributed by atoms with Gasteiger partial charge in [-0.1, -0.05) is 188 Å². The number of esters is 2. The topological polar surface area (TPSA) is 195 Å².